The van der Waals surface area contributed by atoms with Gasteiger partial charge in [-0.3, -0.25) is 4.79 Å². The van der Waals surface area contributed by atoms with Crippen LogP contribution in [0.4, 0.5) is 10.2 Å². The summed E-state index contributed by atoms with van der Waals surface area (Å²) in [5.41, 5.74) is 0.409. The molecule has 50 heavy (non-hydrogen) atoms. The van der Waals surface area contributed by atoms with Gasteiger partial charge in [-0.2, -0.15) is 17.0 Å². The number of nitrogens with one attached hydrogen (secondary N) is 1. The Morgan fingerprint density at radius 2 is 1.68 bits per heavy atom. The molecule has 1 aromatic carbocycles. The molecule has 4 aliphatic rings. The topological polar surface area (TPSA) is 114 Å². The minimum Gasteiger partial charge on any atom is -0.451 e. The van der Waals surface area contributed by atoms with Crippen LogP contribution in [0.2, 0.25) is 0 Å². The Morgan fingerprint density at radius 3 is 2.40 bits per heavy atom. The first-order valence-corrected chi connectivity index (χ1v) is 19.9. The minimum absolute atomic E-state index is 0.0646. The van der Waals surface area contributed by atoms with Crippen molar-refractivity contribution in [1.29, 1.82) is 0 Å². The fraction of sp³-hybridized carbons (Fsp3) is 0.694. The van der Waals surface area contributed by atoms with Gasteiger partial charge < -0.3 is 24.8 Å². The summed E-state index contributed by atoms with van der Waals surface area (Å²) in [4.78, 5) is 28.9. The molecule has 1 aromatic heterocycles. The second-order valence-corrected chi connectivity index (χ2v) is 17.1. The van der Waals surface area contributed by atoms with E-state index in [4.69, 9.17) is 4.74 Å². The van der Waals surface area contributed by atoms with Gasteiger partial charge in [0.25, 0.3) is 16.1 Å². The Hall–Kier alpha value is -2.91. The van der Waals surface area contributed by atoms with Gasteiger partial charge in [0.05, 0.1) is 11.8 Å². The van der Waals surface area contributed by atoms with Gasteiger partial charge in [0.15, 0.2) is 11.6 Å². The molecule has 0 saturated carbocycles. The number of piperidine rings is 2. The van der Waals surface area contributed by atoms with E-state index in [-0.39, 0.29) is 34.7 Å². The van der Waals surface area contributed by atoms with Crippen LogP contribution in [0.3, 0.4) is 0 Å². The SMILES string of the molecule is CC(C)N(C(=O)c1cc(F)ccc1Oc1cncnc1N1CC[C@@H](CN2CCC3(CC2)CCN(S(=O)(=O)N2CCCNCC2)CC3)C1)C(C)C. The molecule has 276 valence electrons. The number of anilines is 1. The highest BCUT2D eigenvalue weighted by molar-refractivity contribution is 7.86. The molecular formula is C36H55FN8O4S. The second-order valence-electron chi connectivity index (χ2n) is 15.2. The molecule has 1 amide bonds. The van der Waals surface area contributed by atoms with Crippen LogP contribution in [0.15, 0.2) is 30.7 Å². The van der Waals surface area contributed by atoms with E-state index < -0.39 is 16.0 Å². The van der Waals surface area contributed by atoms with E-state index in [1.165, 1.54) is 24.5 Å². The molecule has 1 N–H and O–H groups in total. The summed E-state index contributed by atoms with van der Waals surface area (Å²) < 4.78 is 50.8. The van der Waals surface area contributed by atoms with Gasteiger partial charge in [-0.05, 0) is 115 Å². The standard InChI is InChI=1S/C36H55FN8O4S/c1-27(2)45(28(3)4)35(46)31-22-30(37)6-7-32(31)49-33-23-39-26-40-34(33)42-16-8-29(25-42)24-41-17-9-36(10-18-41)11-19-44(20-12-36)50(47,48)43-15-5-13-38-14-21-43/h6-7,22-23,26-29,38H,5,8-21,24-25H2,1-4H3/t29-/m0/s1. The van der Waals surface area contributed by atoms with E-state index in [0.717, 1.165) is 77.8 Å². The number of ether oxygens (including phenoxy) is 1. The van der Waals surface area contributed by atoms with Crippen LogP contribution in [-0.2, 0) is 10.2 Å². The molecule has 0 unspecified atom stereocenters. The highest BCUT2D eigenvalue weighted by atomic mass is 32.2. The monoisotopic (exact) mass is 714 g/mol. The summed E-state index contributed by atoms with van der Waals surface area (Å²) in [6, 6.07) is 3.92. The number of rotatable bonds is 10. The quantitative estimate of drug-likeness (QED) is 0.387. The van der Waals surface area contributed by atoms with E-state index in [2.05, 4.69) is 25.1 Å². The van der Waals surface area contributed by atoms with Crippen LogP contribution in [0.25, 0.3) is 0 Å². The lowest BCUT2D eigenvalue weighted by Crippen LogP contribution is -2.52. The van der Waals surface area contributed by atoms with Crippen LogP contribution in [0.1, 0.15) is 76.6 Å². The number of likely N-dealkylation sites (tertiary alicyclic amines) is 1. The Labute approximate surface area is 297 Å². The molecule has 5 heterocycles. The van der Waals surface area contributed by atoms with Crippen LogP contribution >= 0.6 is 0 Å². The number of carbonyl (C=O) groups excluding carboxylic acids is 1. The van der Waals surface area contributed by atoms with E-state index >= 15 is 0 Å². The van der Waals surface area contributed by atoms with Crippen LogP contribution in [0.5, 0.6) is 11.5 Å². The van der Waals surface area contributed by atoms with Gasteiger partial charge in [-0.1, -0.05) is 0 Å². The maximum absolute atomic E-state index is 14.4. The van der Waals surface area contributed by atoms with Gasteiger partial charge in [0, 0.05) is 64.4 Å². The van der Waals surface area contributed by atoms with Crippen LogP contribution in [-0.4, -0.2) is 127 Å². The number of aromatic nitrogens is 2. The summed E-state index contributed by atoms with van der Waals surface area (Å²) in [6.07, 6.45) is 9.11. The molecule has 1 spiro atoms. The van der Waals surface area contributed by atoms with Crippen molar-refractivity contribution >= 4 is 21.9 Å². The number of halogens is 1. The molecule has 0 radical (unpaired) electrons. The summed E-state index contributed by atoms with van der Waals surface area (Å²) in [5.74, 6) is 1.08. The molecule has 6 rings (SSSR count). The number of hydrogen-bond acceptors (Lipinski definition) is 9. The lowest BCUT2D eigenvalue weighted by Gasteiger charge is -2.47. The van der Waals surface area contributed by atoms with Crippen LogP contribution < -0.4 is 15.0 Å². The Bertz CT molecular complexity index is 1560. The maximum atomic E-state index is 14.4. The number of amides is 1. The minimum atomic E-state index is -3.40. The first-order chi connectivity index (χ1) is 24.0. The van der Waals surface area contributed by atoms with Gasteiger partial charge in [-0.25, -0.2) is 14.4 Å². The fourth-order valence-corrected chi connectivity index (χ4v) is 10.0. The Balaban J connectivity index is 1.03. The van der Waals surface area contributed by atoms with E-state index in [0.29, 0.717) is 50.2 Å². The molecule has 14 heteroatoms. The number of hydrogen-bond donors (Lipinski definition) is 1. The first-order valence-electron chi connectivity index (χ1n) is 18.5. The number of benzene rings is 1. The summed E-state index contributed by atoms with van der Waals surface area (Å²) in [7, 11) is -3.40. The molecule has 4 fully saturated rings. The Morgan fingerprint density at radius 1 is 0.980 bits per heavy atom. The number of nitrogens with zero attached hydrogens (tertiary/aromatic N) is 7. The van der Waals surface area contributed by atoms with Gasteiger partial charge in [0.1, 0.15) is 17.9 Å². The Kier molecular flexibility index (Phi) is 11.6. The van der Waals surface area contributed by atoms with Crippen molar-refractivity contribution < 1.29 is 22.3 Å². The molecule has 12 nitrogen and oxygen atoms in total. The molecule has 0 aliphatic carbocycles. The maximum Gasteiger partial charge on any atom is 0.282 e. The smallest absolute Gasteiger partial charge is 0.282 e. The van der Waals surface area contributed by atoms with Crippen LogP contribution in [0, 0.1) is 17.2 Å². The van der Waals surface area contributed by atoms with Crippen molar-refractivity contribution in [3.63, 3.8) is 0 Å². The zero-order valence-electron chi connectivity index (χ0n) is 30.2. The molecule has 4 saturated heterocycles. The molecule has 4 aliphatic heterocycles. The van der Waals surface area contributed by atoms with Crippen molar-refractivity contribution in [2.45, 2.75) is 78.3 Å². The highest BCUT2D eigenvalue weighted by Crippen LogP contribution is 2.43. The fourth-order valence-electron chi connectivity index (χ4n) is 8.36. The van der Waals surface area contributed by atoms with Crippen molar-refractivity contribution in [2.24, 2.45) is 11.3 Å². The summed E-state index contributed by atoms with van der Waals surface area (Å²) in [6.45, 7) is 16.5. The van der Waals surface area contributed by atoms with E-state index in [1.807, 2.05) is 27.7 Å². The summed E-state index contributed by atoms with van der Waals surface area (Å²) in [5, 5.41) is 3.30. The third-order valence-electron chi connectivity index (χ3n) is 11.2. The third kappa shape index (κ3) is 8.25. The lowest BCUT2D eigenvalue weighted by atomic mass is 9.71. The van der Waals surface area contributed by atoms with Gasteiger partial charge in [0.2, 0.25) is 0 Å². The van der Waals surface area contributed by atoms with E-state index in [9.17, 15) is 17.6 Å². The summed E-state index contributed by atoms with van der Waals surface area (Å²) >= 11 is 0. The lowest BCUT2D eigenvalue weighted by molar-refractivity contribution is 0.0493. The second kappa shape index (κ2) is 15.8. The van der Waals surface area contributed by atoms with Crippen molar-refractivity contribution in [3.05, 3.63) is 42.1 Å². The van der Waals surface area contributed by atoms with Crippen molar-refractivity contribution in [1.82, 2.24) is 33.7 Å². The predicted molar refractivity (Wildman–Crippen MR) is 192 cm³/mol. The van der Waals surface area contributed by atoms with Gasteiger partial charge >= 0.3 is 0 Å². The number of carbonyl (C=O) groups is 1. The predicted octanol–water partition coefficient (Wildman–Crippen LogP) is 4.21. The van der Waals surface area contributed by atoms with Crippen molar-refractivity contribution in [3.8, 4) is 11.5 Å². The normalized spacial score (nSPS) is 22.7. The zero-order chi connectivity index (χ0) is 35.5. The van der Waals surface area contributed by atoms with E-state index in [1.54, 1.807) is 19.7 Å². The third-order valence-corrected chi connectivity index (χ3v) is 13.2. The average Bonchev–Trinajstić information content (AvgIpc) is 3.36. The largest absolute Gasteiger partial charge is 0.451 e. The average molecular weight is 715 g/mol. The molecule has 1 atom stereocenters. The van der Waals surface area contributed by atoms with Crippen molar-refractivity contribution in [2.75, 3.05) is 76.9 Å². The van der Waals surface area contributed by atoms with Gasteiger partial charge in [-0.15, -0.1) is 0 Å². The molecule has 0 bridgehead atoms. The molecule has 2 aromatic rings. The molecular weight excluding hydrogens is 660 g/mol. The zero-order valence-corrected chi connectivity index (χ0v) is 31.0. The highest BCUT2D eigenvalue weighted by Gasteiger charge is 2.42. The first kappa shape index (κ1) is 36.9.